The molecule has 5 nitrogen and oxygen atoms in total. The lowest BCUT2D eigenvalue weighted by atomic mass is 9.90. The second kappa shape index (κ2) is 5.60. The number of carboxylic acids is 1. The van der Waals surface area contributed by atoms with Crippen LogP contribution in [0.2, 0.25) is 0 Å². The van der Waals surface area contributed by atoms with Crippen LogP contribution >= 0.6 is 0 Å². The molecule has 1 N–H and O–H groups in total. The minimum absolute atomic E-state index is 0.381. The summed E-state index contributed by atoms with van der Waals surface area (Å²) in [5, 5.41) is 15.8. The molecular formula is C17H17N3O2. The van der Waals surface area contributed by atoms with Gasteiger partial charge < -0.3 is 5.11 Å². The van der Waals surface area contributed by atoms with E-state index in [-0.39, 0.29) is 6.04 Å². The number of anilines is 1. The van der Waals surface area contributed by atoms with Crippen LogP contribution < -0.4 is 5.01 Å². The summed E-state index contributed by atoms with van der Waals surface area (Å²) in [6, 6.07) is 13.0. The second-order valence-electron chi connectivity index (χ2n) is 5.45. The first-order valence-electron chi connectivity index (χ1n) is 7.12. The first-order valence-corrected chi connectivity index (χ1v) is 7.12. The fourth-order valence-electron chi connectivity index (χ4n) is 2.76. The van der Waals surface area contributed by atoms with Crippen LogP contribution in [0.5, 0.6) is 0 Å². The summed E-state index contributed by atoms with van der Waals surface area (Å²) in [5.41, 5.74) is 2.64. The van der Waals surface area contributed by atoms with Gasteiger partial charge in [0, 0.05) is 6.20 Å². The molecule has 1 aliphatic rings. The highest BCUT2D eigenvalue weighted by molar-refractivity contribution is 6.03. The van der Waals surface area contributed by atoms with Gasteiger partial charge >= 0.3 is 5.97 Å². The van der Waals surface area contributed by atoms with Crippen LogP contribution in [0.1, 0.15) is 24.1 Å². The van der Waals surface area contributed by atoms with Crippen LogP contribution in [0.4, 0.5) is 5.82 Å². The largest absolute Gasteiger partial charge is 0.481 e. The Hall–Kier alpha value is -2.69. The van der Waals surface area contributed by atoms with Crippen molar-refractivity contribution in [3.63, 3.8) is 0 Å². The topological polar surface area (TPSA) is 65.8 Å². The van der Waals surface area contributed by atoms with Gasteiger partial charge in [0.2, 0.25) is 0 Å². The monoisotopic (exact) mass is 295 g/mol. The number of aliphatic carboxylic acids is 1. The average Bonchev–Trinajstić information content (AvgIpc) is 2.86. The zero-order valence-corrected chi connectivity index (χ0v) is 12.5. The van der Waals surface area contributed by atoms with Crippen molar-refractivity contribution >= 4 is 17.5 Å². The molecule has 2 heterocycles. The molecule has 0 bridgehead atoms. The van der Waals surface area contributed by atoms with Gasteiger partial charge in [-0.1, -0.05) is 35.9 Å². The van der Waals surface area contributed by atoms with Crippen molar-refractivity contribution in [2.75, 3.05) is 5.01 Å². The molecule has 2 unspecified atom stereocenters. The van der Waals surface area contributed by atoms with Gasteiger partial charge in [-0.05, 0) is 31.5 Å². The fraction of sp³-hybridized carbons (Fsp3) is 0.235. The molecule has 2 atom stereocenters. The lowest BCUT2D eigenvalue weighted by molar-refractivity contribution is -0.139. The zero-order chi connectivity index (χ0) is 15.7. The Balaban J connectivity index is 2.08. The Morgan fingerprint density at radius 1 is 1.14 bits per heavy atom. The Morgan fingerprint density at radius 3 is 2.45 bits per heavy atom. The minimum Gasteiger partial charge on any atom is -0.481 e. The Labute approximate surface area is 128 Å². The number of nitrogens with zero attached hydrogens (tertiary/aromatic N) is 3. The number of benzene rings is 1. The molecule has 0 saturated carbocycles. The normalized spacial score (nSPS) is 20.8. The Kier molecular flexibility index (Phi) is 3.63. The number of rotatable bonds is 3. The third-order valence-electron chi connectivity index (χ3n) is 3.86. The quantitative estimate of drug-likeness (QED) is 0.945. The zero-order valence-electron chi connectivity index (χ0n) is 12.5. The SMILES string of the molecule is CC1=NN(c2ccccn2)C(c2ccc(C)cc2)C1C(=O)O. The fourth-order valence-corrected chi connectivity index (χ4v) is 2.76. The van der Waals surface area contributed by atoms with Gasteiger partial charge in [0.05, 0.1) is 11.8 Å². The van der Waals surface area contributed by atoms with E-state index >= 15 is 0 Å². The highest BCUT2D eigenvalue weighted by atomic mass is 16.4. The number of aromatic nitrogens is 1. The smallest absolute Gasteiger partial charge is 0.314 e. The molecule has 1 aromatic heterocycles. The summed E-state index contributed by atoms with van der Waals surface area (Å²) in [4.78, 5) is 16.0. The minimum atomic E-state index is -0.870. The van der Waals surface area contributed by atoms with Crippen molar-refractivity contribution in [3.05, 3.63) is 59.8 Å². The van der Waals surface area contributed by atoms with Crippen LogP contribution in [0.15, 0.2) is 53.8 Å². The molecule has 0 fully saturated rings. The van der Waals surface area contributed by atoms with Gasteiger partial charge in [0.25, 0.3) is 0 Å². The molecule has 2 aromatic rings. The van der Waals surface area contributed by atoms with Crippen molar-refractivity contribution in [1.29, 1.82) is 0 Å². The maximum Gasteiger partial charge on any atom is 0.314 e. The molecule has 1 aliphatic heterocycles. The molecule has 1 aromatic carbocycles. The van der Waals surface area contributed by atoms with E-state index in [0.29, 0.717) is 11.5 Å². The summed E-state index contributed by atoms with van der Waals surface area (Å²) in [6.45, 7) is 3.76. The van der Waals surface area contributed by atoms with Gasteiger partial charge in [0.15, 0.2) is 0 Å². The third kappa shape index (κ3) is 2.45. The number of hydrogen-bond acceptors (Lipinski definition) is 4. The van der Waals surface area contributed by atoms with Crippen molar-refractivity contribution in [2.24, 2.45) is 11.0 Å². The van der Waals surface area contributed by atoms with E-state index in [9.17, 15) is 9.90 Å². The Morgan fingerprint density at radius 2 is 1.86 bits per heavy atom. The molecule has 0 radical (unpaired) electrons. The number of hydrogen-bond donors (Lipinski definition) is 1. The number of hydrazone groups is 1. The molecule has 0 aliphatic carbocycles. The molecule has 0 amide bonds. The van der Waals surface area contributed by atoms with Crippen LogP contribution in [-0.4, -0.2) is 21.8 Å². The molecule has 0 spiro atoms. The van der Waals surface area contributed by atoms with Crippen molar-refractivity contribution in [2.45, 2.75) is 19.9 Å². The van der Waals surface area contributed by atoms with E-state index < -0.39 is 11.9 Å². The number of carboxylic acid groups (broad SMARTS) is 1. The van der Waals surface area contributed by atoms with E-state index in [1.165, 1.54) is 0 Å². The summed E-state index contributed by atoms with van der Waals surface area (Å²) < 4.78 is 0. The molecule has 22 heavy (non-hydrogen) atoms. The van der Waals surface area contributed by atoms with E-state index in [1.807, 2.05) is 49.4 Å². The number of pyridine rings is 1. The maximum atomic E-state index is 11.7. The maximum absolute atomic E-state index is 11.7. The predicted molar refractivity (Wildman–Crippen MR) is 84.9 cm³/mol. The van der Waals surface area contributed by atoms with Gasteiger partial charge in [-0.15, -0.1) is 0 Å². The van der Waals surface area contributed by atoms with Gasteiger partial charge in [-0.3, -0.25) is 4.79 Å². The summed E-state index contributed by atoms with van der Waals surface area (Å²) in [5.74, 6) is -0.897. The van der Waals surface area contributed by atoms with Crippen LogP contribution in [0, 0.1) is 12.8 Å². The molecule has 0 saturated heterocycles. The van der Waals surface area contributed by atoms with Crippen molar-refractivity contribution in [1.82, 2.24) is 4.98 Å². The molecule has 112 valence electrons. The highest BCUT2D eigenvalue weighted by Gasteiger charge is 2.42. The standard InChI is InChI=1S/C17H17N3O2/c1-11-6-8-13(9-7-11)16-15(17(21)22)12(2)19-20(16)14-5-3-4-10-18-14/h3-10,15-16H,1-2H3,(H,21,22). The number of carbonyl (C=O) groups is 1. The number of aryl methyl sites for hydroxylation is 1. The highest BCUT2D eigenvalue weighted by Crippen LogP contribution is 2.38. The van der Waals surface area contributed by atoms with Gasteiger partial charge in [0.1, 0.15) is 11.7 Å². The van der Waals surface area contributed by atoms with Gasteiger partial charge in [-0.25, -0.2) is 9.99 Å². The molecule has 3 rings (SSSR count). The van der Waals surface area contributed by atoms with E-state index in [0.717, 1.165) is 11.1 Å². The molecule has 5 heteroatoms. The second-order valence-corrected chi connectivity index (χ2v) is 5.45. The van der Waals surface area contributed by atoms with Crippen LogP contribution in [-0.2, 0) is 4.79 Å². The predicted octanol–water partition coefficient (Wildman–Crippen LogP) is 3.03. The summed E-state index contributed by atoms with van der Waals surface area (Å²) in [6.07, 6.45) is 1.68. The summed E-state index contributed by atoms with van der Waals surface area (Å²) >= 11 is 0. The van der Waals surface area contributed by atoms with Crippen LogP contribution in [0.25, 0.3) is 0 Å². The average molecular weight is 295 g/mol. The van der Waals surface area contributed by atoms with Crippen molar-refractivity contribution < 1.29 is 9.90 Å². The Bertz CT molecular complexity index is 710. The molecular weight excluding hydrogens is 278 g/mol. The lowest BCUT2D eigenvalue weighted by Gasteiger charge is -2.26. The third-order valence-corrected chi connectivity index (χ3v) is 3.86. The van der Waals surface area contributed by atoms with Crippen molar-refractivity contribution in [3.8, 4) is 0 Å². The van der Waals surface area contributed by atoms with E-state index in [1.54, 1.807) is 18.1 Å². The first-order chi connectivity index (χ1) is 10.6. The van der Waals surface area contributed by atoms with E-state index in [2.05, 4.69) is 10.1 Å². The van der Waals surface area contributed by atoms with Gasteiger partial charge in [-0.2, -0.15) is 5.10 Å². The van der Waals surface area contributed by atoms with E-state index in [4.69, 9.17) is 0 Å². The first kappa shape index (κ1) is 14.3. The lowest BCUT2D eigenvalue weighted by Crippen LogP contribution is -2.30. The van der Waals surface area contributed by atoms with Crippen LogP contribution in [0.3, 0.4) is 0 Å². The summed E-state index contributed by atoms with van der Waals surface area (Å²) in [7, 11) is 0.